The minimum atomic E-state index is -2.09. The van der Waals surface area contributed by atoms with Crippen LogP contribution in [0.1, 0.15) is 102 Å². The number of Topliss-reactive ketones (excluding diaryl/α,β-unsaturated/α-hetero) is 1. The van der Waals surface area contributed by atoms with Crippen LogP contribution in [0.4, 0.5) is 0 Å². The van der Waals surface area contributed by atoms with Gasteiger partial charge in [-0.05, 0) is 41.3 Å². The minimum absolute atomic E-state index is 0.0386. The highest BCUT2D eigenvalue weighted by Crippen LogP contribution is 2.45. The number of carbonyl (C=O) groups is 1. The monoisotopic (exact) mass is 626 g/mol. The summed E-state index contributed by atoms with van der Waals surface area (Å²) in [5.74, 6) is 0.841. The standard InChI is InChI=1S/C33H63BrO2Si2/c1-16-27(10)33(36-38(23(3)4,24(5)6)25(7)8)29(12)32(35)28(11)22-30(34)20-18-19-26(9)21-31(17-2)37(13,14)15/h18,20-29,33H,16-17,19H2,1-15H3/b20-18+,30-22-,31-21-/t26-,27+,28-,29-,33-/m1/s1. The fraction of sp³-hybridized carbons (Fsp3) is 0.788. The van der Waals surface area contributed by atoms with Crippen LogP contribution in [0.25, 0.3) is 0 Å². The fourth-order valence-corrected chi connectivity index (χ4v) is 14.4. The Kier molecular flexibility index (Phi) is 16.8. The zero-order chi connectivity index (χ0) is 30.0. The van der Waals surface area contributed by atoms with Crippen LogP contribution in [0.3, 0.4) is 0 Å². The summed E-state index contributed by atoms with van der Waals surface area (Å²) in [7, 11) is -3.33. The van der Waals surface area contributed by atoms with Gasteiger partial charge in [0.15, 0.2) is 0 Å². The van der Waals surface area contributed by atoms with Crippen LogP contribution in [0.5, 0.6) is 0 Å². The summed E-state index contributed by atoms with van der Waals surface area (Å²) < 4.78 is 8.22. The average Bonchev–Trinajstić information content (AvgIpc) is 2.80. The van der Waals surface area contributed by atoms with E-state index in [9.17, 15) is 4.79 Å². The van der Waals surface area contributed by atoms with E-state index in [4.69, 9.17) is 4.43 Å². The van der Waals surface area contributed by atoms with Gasteiger partial charge in [-0.1, -0.05) is 155 Å². The van der Waals surface area contributed by atoms with E-state index in [-0.39, 0.29) is 23.7 Å². The van der Waals surface area contributed by atoms with E-state index in [2.05, 4.69) is 136 Å². The number of rotatable bonds is 17. The van der Waals surface area contributed by atoms with E-state index in [0.717, 1.165) is 23.7 Å². The van der Waals surface area contributed by atoms with Gasteiger partial charge in [-0.3, -0.25) is 4.79 Å². The maximum Gasteiger partial charge on any atom is 0.200 e. The van der Waals surface area contributed by atoms with Crippen LogP contribution in [0.15, 0.2) is 34.0 Å². The van der Waals surface area contributed by atoms with Crippen molar-refractivity contribution in [2.75, 3.05) is 0 Å². The zero-order valence-electron chi connectivity index (χ0n) is 27.7. The first-order valence-corrected chi connectivity index (χ1v) is 21.8. The molecule has 0 aromatic rings. The number of allylic oxidation sites excluding steroid dienone is 6. The van der Waals surface area contributed by atoms with Crippen molar-refractivity contribution in [2.24, 2.45) is 23.7 Å². The lowest BCUT2D eigenvalue weighted by molar-refractivity contribution is -0.128. The van der Waals surface area contributed by atoms with E-state index in [1.165, 1.54) is 0 Å². The van der Waals surface area contributed by atoms with Crippen molar-refractivity contribution in [3.63, 3.8) is 0 Å². The van der Waals surface area contributed by atoms with E-state index >= 15 is 0 Å². The highest BCUT2D eigenvalue weighted by Gasteiger charge is 2.48. The van der Waals surface area contributed by atoms with Gasteiger partial charge in [-0.25, -0.2) is 0 Å². The largest absolute Gasteiger partial charge is 0.412 e. The van der Waals surface area contributed by atoms with Crippen molar-refractivity contribution in [3.05, 3.63) is 34.0 Å². The Morgan fingerprint density at radius 2 is 1.34 bits per heavy atom. The second-order valence-electron chi connectivity index (χ2n) is 13.7. The van der Waals surface area contributed by atoms with Gasteiger partial charge in [0.1, 0.15) is 5.78 Å². The van der Waals surface area contributed by atoms with E-state index < -0.39 is 16.4 Å². The molecule has 0 amide bonds. The predicted octanol–water partition coefficient (Wildman–Crippen LogP) is 11.5. The molecule has 0 aliphatic heterocycles. The van der Waals surface area contributed by atoms with Gasteiger partial charge in [-0.15, -0.1) is 0 Å². The Bertz CT molecular complexity index is 783. The molecule has 0 bridgehead atoms. The molecule has 0 N–H and O–H groups in total. The molecule has 5 atom stereocenters. The molecule has 0 saturated carbocycles. The Hall–Kier alpha value is -0.236. The second kappa shape index (κ2) is 16.9. The van der Waals surface area contributed by atoms with Gasteiger partial charge in [0.2, 0.25) is 8.32 Å². The molecular weight excluding hydrogens is 564 g/mol. The maximum atomic E-state index is 13.7. The molecule has 0 heterocycles. The number of carbonyl (C=O) groups excluding carboxylic acids is 1. The summed E-state index contributed by atoms with van der Waals surface area (Å²) in [5, 5.41) is 1.65. The molecule has 0 aliphatic rings. The third kappa shape index (κ3) is 11.0. The van der Waals surface area contributed by atoms with Gasteiger partial charge >= 0.3 is 0 Å². The normalized spacial score (nSPS) is 18.4. The molecule has 222 valence electrons. The third-order valence-corrected chi connectivity index (χ3v) is 17.7. The minimum Gasteiger partial charge on any atom is -0.412 e. The van der Waals surface area contributed by atoms with Crippen molar-refractivity contribution in [1.29, 1.82) is 0 Å². The first-order valence-electron chi connectivity index (χ1n) is 15.3. The lowest BCUT2D eigenvalue weighted by Crippen LogP contribution is -2.53. The summed E-state index contributed by atoms with van der Waals surface area (Å²) in [6.45, 7) is 34.4. The molecule has 0 aromatic heterocycles. The Morgan fingerprint density at radius 3 is 1.74 bits per heavy atom. The summed E-state index contributed by atoms with van der Waals surface area (Å²) in [6.07, 6.45) is 12.1. The van der Waals surface area contributed by atoms with Crippen molar-refractivity contribution in [1.82, 2.24) is 0 Å². The lowest BCUT2D eigenvalue weighted by Gasteiger charge is -2.47. The van der Waals surface area contributed by atoms with Crippen LogP contribution < -0.4 is 0 Å². The smallest absolute Gasteiger partial charge is 0.200 e. The first kappa shape index (κ1) is 37.8. The van der Waals surface area contributed by atoms with Crippen molar-refractivity contribution in [3.8, 4) is 0 Å². The molecule has 38 heavy (non-hydrogen) atoms. The van der Waals surface area contributed by atoms with Gasteiger partial charge in [0.25, 0.3) is 0 Å². The topological polar surface area (TPSA) is 26.3 Å². The molecule has 0 unspecified atom stereocenters. The van der Waals surface area contributed by atoms with Crippen LogP contribution in [-0.4, -0.2) is 28.3 Å². The third-order valence-electron chi connectivity index (χ3n) is 8.67. The number of halogens is 1. The van der Waals surface area contributed by atoms with Gasteiger partial charge in [-0.2, -0.15) is 0 Å². The van der Waals surface area contributed by atoms with Crippen LogP contribution in [-0.2, 0) is 9.22 Å². The van der Waals surface area contributed by atoms with Crippen molar-refractivity contribution >= 4 is 38.1 Å². The zero-order valence-corrected chi connectivity index (χ0v) is 31.3. The van der Waals surface area contributed by atoms with Crippen LogP contribution in [0, 0.1) is 23.7 Å². The molecule has 2 nitrogen and oxygen atoms in total. The van der Waals surface area contributed by atoms with Gasteiger partial charge in [0, 0.05) is 16.3 Å². The lowest BCUT2D eigenvalue weighted by atomic mass is 9.84. The van der Waals surface area contributed by atoms with Gasteiger partial charge in [0.05, 0.1) is 14.2 Å². The highest BCUT2D eigenvalue weighted by atomic mass is 79.9. The molecule has 0 rings (SSSR count). The first-order chi connectivity index (χ1) is 17.4. The molecule has 0 radical (unpaired) electrons. The molecule has 5 heteroatoms. The van der Waals surface area contributed by atoms with Crippen molar-refractivity contribution < 1.29 is 9.22 Å². The Labute approximate surface area is 248 Å². The summed E-state index contributed by atoms with van der Waals surface area (Å²) >= 11 is 3.72. The Balaban J connectivity index is 5.71. The number of hydrogen-bond donors (Lipinski definition) is 0. The second-order valence-corrected chi connectivity index (χ2v) is 25.2. The number of hydrogen-bond acceptors (Lipinski definition) is 2. The fourth-order valence-electron chi connectivity index (χ4n) is 6.25. The molecule has 0 aliphatic carbocycles. The Morgan fingerprint density at radius 1 is 0.842 bits per heavy atom. The molecule has 0 fully saturated rings. The number of ketones is 1. The van der Waals surface area contributed by atoms with E-state index in [1.807, 2.05) is 6.92 Å². The molecule has 0 saturated heterocycles. The van der Waals surface area contributed by atoms with E-state index in [1.54, 1.807) is 5.20 Å². The maximum absolute atomic E-state index is 13.7. The molecule has 0 spiro atoms. The van der Waals surface area contributed by atoms with Crippen LogP contribution >= 0.6 is 15.9 Å². The average molecular weight is 628 g/mol. The predicted molar refractivity (Wildman–Crippen MR) is 180 cm³/mol. The SMILES string of the molecule is CC/C(=C/[C@H](C)C/C=C/C(Br)=C/[C@@H](C)C(=O)[C@@H](C)[C@H](O[Si](C(C)C)(C(C)C)C(C)C)[C@@H](C)CC)[Si](C)(C)C. The van der Waals surface area contributed by atoms with Crippen LogP contribution in [0.2, 0.25) is 36.3 Å². The van der Waals surface area contributed by atoms with E-state index in [0.29, 0.717) is 28.5 Å². The summed E-state index contributed by atoms with van der Waals surface area (Å²) in [5.41, 5.74) is 1.51. The quantitative estimate of drug-likeness (QED) is 0.118. The molecular formula is C33H63BrO2Si2. The summed E-state index contributed by atoms with van der Waals surface area (Å²) in [4.78, 5) is 13.7. The van der Waals surface area contributed by atoms with Gasteiger partial charge < -0.3 is 4.43 Å². The van der Waals surface area contributed by atoms with Crippen molar-refractivity contribution in [2.45, 2.75) is 145 Å². The highest BCUT2D eigenvalue weighted by molar-refractivity contribution is 9.11. The molecule has 0 aromatic carbocycles. The summed E-state index contributed by atoms with van der Waals surface area (Å²) in [6, 6.07) is 0.